The minimum atomic E-state index is -4.09. The van der Waals surface area contributed by atoms with Gasteiger partial charge < -0.3 is 10.2 Å². The second kappa shape index (κ2) is 13.3. The van der Waals surface area contributed by atoms with Crippen LogP contribution in [0.5, 0.6) is 0 Å². The Hall–Kier alpha value is -3.36. The molecule has 0 aliphatic heterocycles. The molecule has 0 aromatic heterocycles. The Kier molecular flexibility index (Phi) is 9.87. The van der Waals surface area contributed by atoms with E-state index in [-0.39, 0.29) is 23.4 Å². The van der Waals surface area contributed by atoms with Crippen molar-refractivity contribution in [1.29, 1.82) is 0 Å². The number of nitrogens with one attached hydrogen (secondary N) is 1. The lowest BCUT2D eigenvalue weighted by Crippen LogP contribution is -2.53. The molecular formula is C31H36ClN3O4S. The fourth-order valence-corrected chi connectivity index (χ4v) is 6.62. The smallest absolute Gasteiger partial charge is 0.264 e. The third-order valence-corrected chi connectivity index (χ3v) is 9.47. The number of hydrogen-bond donors (Lipinski definition) is 1. The molecule has 3 aromatic carbocycles. The number of benzene rings is 3. The minimum absolute atomic E-state index is 0.0603. The van der Waals surface area contributed by atoms with Crippen molar-refractivity contribution in [3.63, 3.8) is 0 Å². The number of aryl methyl sites for hydroxylation is 1. The van der Waals surface area contributed by atoms with Gasteiger partial charge in [-0.05, 0) is 68.1 Å². The van der Waals surface area contributed by atoms with Gasteiger partial charge in [-0.25, -0.2) is 8.42 Å². The van der Waals surface area contributed by atoms with Crippen molar-refractivity contribution in [2.45, 2.75) is 69.5 Å². The van der Waals surface area contributed by atoms with Crippen molar-refractivity contribution in [1.82, 2.24) is 10.2 Å². The van der Waals surface area contributed by atoms with Crippen molar-refractivity contribution in [2.24, 2.45) is 0 Å². The average molecular weight is 582 g/mol. The number of halogens is 1. The third kappa shape index (κ3) is 7.23. The molecule has 3 aromatic rings. The summed E-state index contributed by atoms with van der Waals surface area (Å²) in [6, 6.07) is 21.4. The monoisotopic (exact) mass is 581 g/mol. The van der Waals surface area contributed by atoms with Gasteiger partial charge in [0.05, 0.1) is 10.6 Å². The second-order valence-corrected chi connectivity index (χ2v) is 12.6. The molecule has 0 spiro atoms. The maximum atomic E-state index is 14.0. The van der Waals surface area contributed by atoms with E-state index in [0.29, 0.717) is 16.3 Å². The van der Waals surface area contributed by atoms with Gasteiger partial charge in [0, 0.05) is 17.6 Å². The van der Waals surface area contributed by atoms with Gasteiger partial charge in [-0.3, -0.25) is 13.9 Å². The molecule has 1 unspecified atom stereocenters. The van der Waals surface area contributed by atoms with Crippen molar-refractivity contribution in [2.75, 3.05) is 10.8 Å². The quantitative estimate of drug-likeness (QED) is 0.332. The highest BCUT2D eigenvalue weighted by Crippen LogP contribution is 2.26. The SMILES string of the molecule is Cc1cccc(N(CC(=O)N(Cc2ccccc2Cl)C(C)C(=O)NC2CCCCC2)S(=O)(=O)c2ccccc2)c1. The van der Waals surface area contributed by atoms with E-state index >= 15 is 0 Å². The van der Waals surface area contributed by atoms with Crippen LogP contribution in [0.25, 0.3) is 0 Å². The van der Waals surface area contributed by atoms with Gasteiger partial charge in [0.2, 0.25) is 11.8 Å². The van der Waals surface area contributed by atoms with Crippen LogP contribution >= 0.6 is 11.6 Å². The lowest BCUT2D eigenvalue weighted by molar-refractivity contribution is -0.139. The van der Waals surface area contributed by atoms with E-state index in [2.05, 4.69) is 5.32 Å². The van der Waals surface area contributed by atoms with E-state index in [9.17, 15) is 18.0 Å². The third-order valence-electron chi connectivity index (χ3n) is 7.32. The van der Waals surface area contributed by atoms with Gasteiger partial charge in [0.15, 0.2) is 0 Å². The van der Waals surface area contributed by atoms with E-state index in [1.165, 1.54) is 17.0 Å². The summed E-state index contributed by atoms with van der Waals surface area (Å²) in [4.78, 5) is 28.9. The fraction of sp³-hybridized carbons (Fsp3) is 0.355. The molecule has 0 bridgehead atoms. The van der Waals surface area contributed by atoms with Crippen molar-refractivity contribution in [3.05, 3.63) is 95.0 Å². The van der Waals surface area contributed by atoms with E-state index < -0.39 is 28.5 Å². The Morgan fingerprint density at radius 3 is 2.30 bits per heavy atom. The van der Waals surface area contributed by atoms with Gasteiger partial charge in [0.25, 0.3) is 10.0 Å². The van der Waals surface area contributed by atoms with Crippen molar-refractivity contribution in [3.8, 4) is 0 Å². The van der Waals surface area contributed by atoms with Crippen LogP contribution in [0.1, 0.15) is 50.2 Å². The standard InChI is InChI=1S/C31H36ClN3O4S/c1-23-12-11-16-27(20-23)35(40(38,39)28-17-7-4-8-18-28)22-30(36)34(21-25-13-9-10-19-29(25)32)24(2)31(37)33-26-14-5-3-6-15-26/h4,7-13,16-20,24,26H,3,5-6,14-15,21-22H2,1-2H3,(H,33,37). The normalized spacial score (nSPS) is 14.8. The zero-order valence-electron chi connectivity index (χ0n) is 22.9. The highest BCUT2D eigenvalue weighted by Gasteiger charge is 2.33. The van der Waals surface area contributed by atoms with Crippen LogP contribution in [0, 0.1) is 6.92 Å². The summed E-state index contributed by atoms with van der Waals surface area (Å²) in [5, 5.41) is 3.57. The molecular weight excluding hydrogens is 546 g/mol. The number of carbonyl (C=O) groups is 2. The molecule has 1 fully saturated rings. The minimum Gasteiger partial charge on any atom is -0.352 e. The van der Waals surface area contributed by atoms with Gasteiger partial charge >= 0.3 is 0 Å². The topological polar surface area (TPSA) is 86.8 Å². The molecule has 1 N–H and O–H groups in total. The summed E-state index contributed by atoms with van der Waals surface area (Å²) in [5.74, 6) is -0.771. The molecule has 4 rings (SSSR count). The summed E-state index contributed by atoms with van der Waals surface area (Å²) >= 11 is 6.44. The second-order valence-electron chi connectivity index (χ2n) is 10.3. The van der Waals surface area contributed by atoms with E-state index in [1.54, 1.807) is 61.5 Å². The molecule has 0 saturated heterocycles. The van der Waals surface area contributed by atoms with Crippen LogP contribution in [-0.4, -0.2) is 43.8 Å². The van der Waals surface area contributed by atoms with E-state index in [4.69, 9.17) is 11.6 Å². The number of carbonyl (C=O) groups excluding carboxylic acids is 2. The maximum absolute atomic E-state index is 14.0. The highest BCUT2D eigenvalue weighted by atomic mass is 35.5. The Morgan fingerprint density at radius 1 is 0.950 bits per heavy atom. The predicted octanol–water partition coefficient (Wildman–Crippen LogP) is 5.71. The fourth-order valence-electron chi connectivity index (χ4n) is 4.99. The first-order valence-electron chi connectivity index (χ1n) is 13.6. The van der Waals surface area contributed by atoms with Crippen LogP contribution in [0.2, 0.25) is 5.02 Å². The molecule has 1 aliphatic carbocycles. The largest absolute Gasteiger partial charge is 0.352 e. The van der Waals surface area contributed by atoms with Gasteiger partial charge in [0.1, 0.15) is 12.6 Å². The summed E-state index contributed by atoms with van der Waals surface area (Å²) in [5.41, 5.74) is 1.89. The Labute approximate surface area is 242 Å². The maximum Gasteiger partial charge on any atom is 0.264 e. The predicted molar refractivity (Wildman–Crippen MR) is 159 cm³/mol. The van der Waals surface area contributed by atoms with Gasteiger partial charge in [-0.15, -0.1) is 0 Å². The van der Waals surface area contributed by atoms with E-state index in [1.807, 2.05) is 19.1 Å². The molecule has 0 heterocycles. The molecule has 40 heavy (non-hydrogen) atoms. The van der Waals surface area contributed by atoms with Crippen LogP contribution in [0.3, 0.4) is 0 Å². The molecule has 2 amide bonds. The Balaban J connectivity index is 1.67. The number of rotatable bonds is 10. The summed E-state index contributed by atoms with van der Waals surface area (Å²) < 4.78 is 28.8. The Morgan fingerprint density at radius 2 is 1.62 bits per heavy atom. The number of nitrogens with zero attached hydrogens (tertiary/aromatic N) is 2. The molecule has 1 atom stereocenters. The number of anilines is 1. The highest BCUT2D eigenvalue weighted by molar-refractivity contribution is 7.92. The molecule has 0 radical (unpaired) electrons. The zero-order chi connectivity index (χ0) is 28.7. The zero-order valence-corrected chi connectivity index (χ0v) is 24.5. The van der Waals surface area contributed by atoms with Gasteiger partial charge in [-0.1, -0.05) is 79.4 Å². The first-order valence-corrected chi connectivity index (χ1v) is 15.5. The lowest BCUT2D eigenvalue weighted by Gasteiger charge is -2.33. The van der Waals surface area contributed by atoms with Crippen LogP contribution in [-0.2, 0) is 26.2 Å². The summed E-state index contributed by atoms with van der Waals surface area (Å²) in [6.07, 6.45) is 5.10. The molecule has 7 nitrogen and oxygen atoms in total. The van der Waals surface area contributed by atoms with Crippen molar-refractivity contribution < 1.29 is 18.0 Å². The van der Waals surface area contributed by atoms with Crippen molar-refractivity contribution >= 4 is 39.1 Å². The first kappa shape index (κ1) is 29.6. The number of amides is 2. The van der Waals surface area contributed by atoms with E-state index in [0.717, 1.165) is 42.0 Å². The van der Waals surface area contributed by atoms with Crippen LogP contribution in [0.4, 0.5) is 5.69 Å². The molecule has 1 aliphatic rings. The average Bonchev–Trinajstić information content (AvgIpc) is 2.96. The first-order chi connectivity index (χ1) is 19.2. The summed E-state index contributed by atoms with van der Waals surface area (Å²) in [6.45, 7) is 3.12. The number of hydrogen-bond acceptors (Lipinski definition) is 4. The number of sulfonamides is 1. The van der Waals surface area contributed by atoms with Gasteiger partial charge in [-0.2, -0.15) is 0 Å². The van der Waals surface area contributed by atoms with Crippen LogP contribution < -0.4 is 9.62 Å². The lowest BCUT2D eigenvalue weighted by atomic mass is 9.95. The molecule has 1 saturated carbocycles. The Bertz CT molecular complexity index is 1430. The molecule has 212 valence electrons. The van der Waals surface area contributed by atoms with Crippen LogP contribution in [0.15, 0.2) is 83.8 Å². The molecule has 9 heteroatoms. The summed E-state index contributed by atoms with van der Waals surface area (Å²) in [7, 11) is -4.09.